The monoisotopic (exact) mass is 242 g/mol. The second kappa shape index (κ2) is 13.4. The van der Waals surface area contributed by atoms with Crippen molar-refractivity contribution in [2.24, 2.45) is 0 Å². The van der Waals surface area contributed by atoms with Gasteiger partial charge in [-0.25, -0.2) is 10.1 Å². The molecule has 0 saturated carbocycles. The fraction of sp³-hybridized carbons (Fsp3) is 0. The SMILES string of the molecule is C=CC(=O)O.C=Cc1ccccc1.OOS. The number of aliphatic carboxylic acids is 1. The predicted octanol–water partition coefficient (Wildman–Crippen LogP) is 2.91. The van der Waals surface area contributed by atoms with Gasteiger partial charge in [0, 0.05) is 19.0 Å². The van der Waals surface area contributed by atoms with E-state index in [1.807, 2.05) is 36.4 Å². The van der Waals surface area contributed by atoms with Gasteiger partial charge in [-0.1, -0.05) is 49.6 Å². The number of carbonyl (C=O) groups is 1. The molecule has 0 saturated heterocycles. The molecular formula is C11H14O4S. The van der Waals surface area contributed by atoms with Crippen molar-refractivity contribution in [2.45, 2.75) is 0 Å². The average Bonchev–Trinajstić information content (AvgIpc) is 2.32. The van der Waals surface area contributed by atoms with E-state index in [0.717, 1.165) is 6.08 Å². The third-order valence-corrected chi connectivity index (χ3v) is 1.21. The molecule has 5 heteroatoms. The molecule has 0 aliphatic rings. The van der Waals surface area contributed by atoms with Crippen molar-refractivity contribution < 1.29 is 19.5 Å². The first-order chi connectivity index (χ1) is 7.62. The maximum atomic E-state index is 9.25. The fourth-order valence-corrected chi connectivity index (χ4v) is 0.589. The van der Waals surface area contributed by atoms with E-state index in [0.29, 0.717) is 0 Å². The summed E-state index contributed by atoms with van der Waals surface area (Å²) >= 11 is 2.84. The van der Waals surface area contributed by atoms with Gasteiger partial charge in [0.05, 0.1) is 0 Å². The van der Waals surface area contributed by atoms with Crippen LogP contribution >= 0.6 is 12.9 Å². The molecule has 2 N–H and O–H groups in total. The minimum absolute atomic E-state index is 0.833. The summed E-state index contributed by atoms with van der Waals surface area (Å²) in [7, 11) is 0. The summed E-state index contributed by atoms with van der Waals surface area (Å²) in [5.74, 6) is -0.981. The molecule has 1 rings (SSSR count). The Labute approximate surface area is 100 Å². The predicted molar refractivity (Wildman–Crippen MR) is 67.1 cm³/mol. The van der Waals surface area contributed by atoms with E-state index in [1.165, 1.54) is 5.56 Å². The highest BCUT2D eigenvalue weighted by atomic mass is 32.1. The summed E-state index contributed by atoms with van der Waals surface area (Å²) in [6, 6.07) is 10.0. The van der Waals surface area contributed by atoms with Gasteiger partial charge in [-0.3, -0.25) is 0 Å². The molecule has 0 aromatic heterocycles. The molecule has 0 aliphatic carbocycles. The van der Waals surface area contributed by atoms with Crippen LogP contribution in [0, 0.1) is 0 Å². The molecule has 0 aliphatic heterocycles. The van der Waals surface area contributed by atoms with Crippen molar-refractivity contribution >= 4 is 25.0 Å². The van der Waals surface area contributed by atoms with Crippen LogP contribution in [-0.2, 0) is 9.13 Å². The normalized spacial score (nSPS) is 7.38. The molecule has 16 heavy (non-hydrogen) atoms. The topological polar surface area (TPSA) is 66.8 Å². The Bertz CT molecular complexity index is 298. The van der Waals surface area contributed by atoms with E-state index < -0.39 is 5.97 Å². The van der Waals surface area contributed by atoms with Crippen LogP contribution in [0.25, 0.3) is 6.08 Å². The third kappa shape index (κ3) is 14.9. The fourth-order valence-electron chi connectivity index (χ4n) is 0.589. The van der Waals surface area contributed by atoms with Crippen LogP contribution in [0.1, 0.15) is 5.56 Å². The standard InChI is InChI=1S/C8H8.C3H4O2.H2O2S/c1-2-8-6-4-3-5-7-8;1-2-3(4)5;1-2-3/h2-7H,1H2;2H,1H2,(H,4,5);1,3H. The quantitative estimate of drug-likeness (QED) is 0.245. The van der Waals surface area contributed by atoms with Gasteiger partial charge >= 0.3 is 5.97 Å². The van der Waals surface area contributed by atoms with Crippen molar-refractivity contribution in [1.29, 1.82) is 0 Å². The maximum Gasteiger partial charge on any atom is 0.327 e. The summed E-state index contributed by atoms with van der Waals surface area (Å²) in [4.78, 5) is 9.25. The lowest BCUT2D eigenvalue weighted by Crippen LogP contribution is -1.82. The Morgan fingerprint density at radius 3 is 1.88 bits per heavy atom. The van der Waals surface area contributed by atoms with Crippen LogP contribution in [0.2, 0.25) is 0 Å². The maximum absolute atomic E-state index is 9.25. The highest BCUT2D eigenvalue weighted by Crippen LogP contribution is 1.97. The Balaban J connectivity index is 0. The van der Waals surface area contributed by atoms with Crippen molar-refractivity contribution in [3.05, 3.63) is 55.1 Å². The zero-order chi connectivity index (χ0) is 12.8. The number of hydrogen-bond acceptors (Lipinski definition) is 4. The van der Waals surface area contributed by atoms with Crippen LogP contribution in [0.4, 0.5) is 0 Å². The number of rotatable bonds is 2. The Morgan fingerprint density at radius 2 is 1.69 bits per heavy atom. The summed E-state index contributed by atoms with van der Waals surface area (Å²) in [6.45, 7) is 6.59. The molecular weight excluding hydrogens is 228 g/mol. The van der Waals surface area contributed by atoms with Crippen molar-refractivity contribution in [3.63, 3.8) is 0 Å². The van der Waals surface area contributed by atoms with Crippen molar-refractivity contribution in [1.82, 2.24) is 0 Å². The van der Waals surface area contributed by atoms with E-state index in [-0.39, 0.29) is 0 Å². The number of carboxylic acid groups (broad SMARTS) is 1. The highest BCUT2D eigenvalue weighted by molar-refractivity contribution is 7.74. The van der Waals surface area contributed by atoms with Gasteiger partial charge in [-0.05, 0) is 5.56 Å². The van der Waals surface area contributed by atoms with Crippen molar-refractivity contribution in [3.8, 4) is 0 Å². The zero-order valence-corrected chi connectivity index (χ0v) is 9.51. The summed E-state index contributed by atoms with van der Waals surface area (Å²) < 4.78 is 2.94. The minimum Gasteiger partial charge on any atom is -0.478 e. The van der Waals surface area contributed by atoms with Gasteiger partial charge in [0.25, 0.3) is 0 Å². The first-order valence-electron chi connectivity index (χ1n) is 4.10. The lowest BCUT2D eigenvalue weighted by atomic mass is 10.2. The number of carboxylic acids is 1. The van der Waals surface area contributed by atoms with E-state index in [4.69, 9.17) is 10.4 Å². The second-order valence-corrected chi connectivity index (χ2v) is 2.40. The number of hydrogen-bond donors (Lipinski definition) is 3. The first-order valence-corrected chi connectivity index (χ1v) is 4.46. The number of thiol groups is 1. The second-order valence-electron chi connectivity index (χ2n) is 2.24. The minimum atomic E-state index is -0.981. The Morgan fingerprint density at radius 1 is 1.31 bits per heavy atom. The molecule has 0 fully saturated rings. The van der Waals surface area contributed by atoms with E-state index in [1.54, 1.807) is 0 Å². The first kappa shape index (κ1) is 16.9. The largest absolute Gasteiger partial charge is 0.478 e. The third-order valence-electron chi connectivity index (χ3n) is 1.21. The average molecular weight is 242 g/mol. The lowest BCUT2D eigenvalue weighted by molar-refractivity contribution is -0.131. The van der Waals surface area contributed by atoms with Crippen LogP contribution in [0.3, 0.4) is 0 Å². The highest BCUT2D eigenvalue weighted by Gasteiger charge is 1.75. The summed E-state index contributed by atoms with van der Waals surface area (Å²) in [5.41, 5.74) is 1.17. The van der Waals surface area contributed by atoms with Gasteiger partial charge in [-0.2, -0.15) is 4.33 Å². The number of benzene rings is 1. The van der Waals surface area contributed by atoms with Gasteiger partial charge in [0.1, 0.15) is 0 Å². The molecule has 1 aromatic carbocycles. The molecule has 1 aromatic rings. The molecule has 88 valence electrons. The van der Waals surface area contributed by atoms with Crippen LogP contribution < -0.4 is 0 Å². The van der Waals surface area contributed by atoms with Gasteiger partial charge in [-0.15, -0.1) is 0 Å². The Hall–Kier alpha value is -1.56. The van der Waals surface area contributed by atoms with Gasteiger partial charge < -0.3 is 5.11 Å². The molecule has 0 amide bonds. The van der Waals surface area contributed by atoms with Crippen LogP contribution in [0.15, 0.2) is 49.6 Å². The molecule has 0 unspecified atom stereocenters. The van der Waals surface area contributed by atoms with E-state index in [9.17, 15) is 4.79 Å². The molecule has 4 nitrogen and oxygen atoms in total. The summed E-state index contributed by atoms with van der Waals surface area (Å²) in [6.07, 6.45) is 2.67. The van der Waals surface area contributed by atoms with Crippen LogP contribution in [0.5, 0.6) is 0 Å². The molecule has 0 spiro atoms. The van der Waals surface area contributed by atoms with Crippen LogP contribution in [-0.4, -0.2) is 16.3 Å². The van der Waals surface area contributed by atoms with Gasteiger partial charge in [0.2, 0.25) is 0 Å². The molecule has 0 bridgehead atoms. The van der Waals surface area contributed by atoms with E-state index >= 15 is 0 Å². The Kier molecular flexibility index (Phi) is 14.2. The molecule has 0 radical (unpaired) electrons. The smallest absolute Gasteiger partial charge is 0.327 e. The van der Waals surface area contributed by atoms with Crippen molar-refractivity contribution in [2.75, 3.05) is 0 Å². The lowest BCUT2D eigenvalue weighted by Gasteiger charge is -1.85. The molecule has 0 atom stereocenters. The molecule has 0 heterocycles. The van der Waals surface area contributed by atoms with E-state index in [2.05, 4.69) is 30.4 Å². The summed E-state index contributed by atoms with van der Waals surface area (Å²) in [5, 5.41) is 14.5. The zero-order valence-electron chi connectivity index (χ0n) is 8.61. The van der Waals surface area contributed by atoms with Gasteiger partial charge in [0.15, 0.2) is 0 Å².